The van der Waals surface area contributed by atoms with E-state index >= 15 is 0 Å². The number of carbonyl (C=O) groups is 1. The molecule has 0 atom stereocenters. The molecule has 23 heavy (non-hydrogen) atoms. The minimum absolute atomic E-state index is 0.0577. The molecule has 1 rings (SSSR count). The van der Waals surface area contributed by atoms with Crippen molar-refractivity contribution in [1.82, 2.24) is 0 Å². The van der Waals surface area contributed by atoms with Crippen molar-refractivity contribution in [2.24, 2.45) is 0 Å². The number of rotatable bonds is 7. The van der Waals surface area contributed by atoms with Gasteiger partial charge >= 0.3 is 5.97 Å². The zero-order valence-corrected chi connectivity index (χ0v) is 14.3. The molecular weight excluding hydrogens is 292 g/mol. The predicted molar refractivity (Wildman–Crippen MR) is 92.2 cm³/mol. The van der Waals surface area contributed by atoms with E-state index in [1.165, 1.54) is 11.6 Å². The van der Waals surface area contributed by atoms with Gasteiger partial charge in [0.15, 0.2) is 0 Å². The molecule has 0 saturated heterocycles. The number of phenolic OH excluding ortho intramolecular Hbond substituents is 1. The van der Waals surface area contributed by atoms with Crippen LogP contribution in [0.2, 0.25) is 0 Å². The Kier molecular flexibility index (Phi) is 6.89. The number of aryl methyl sites for hydroxylation is 1. The van der Waals surface area contributed by atoms with Crippen molar-refractivity contribution in [2.45, 2.75) is 53.4 Å². The third kappa shape index (κ3) is 5.16. The molecule has 0 unspecified atom stereocenters. The zero-order chi connectivity index (χ0) is 17.6. The Morgan fingerprint density at radius 2 is 1.83 bits per heavy atom. The lowest BCUT2D eigenvalue weighted by Gasteiger charge is -2.12. The van der Waals surface area contributed by atoms with Gasteiger partial charge in [-0.3, -0.25) is 0 Å². The minimum atomic E-state index is -1.18. The van der Waals surface area contributed by atoms with Crippen molar-refractivity contribution in [3.8, 4) is 11.5 Å². The summed E-state index contributed by atoms with van der Waals surface area (Å²) in [5.41, 5.74) is 2.99. The largest absolute Gasteiger partial charge is 0.508 e. The first-order chi connectivity index (χ1) is 10.8. The molecule has 0 spiro atoms. The average Bonchev–Trinajstić information content (AvgIpc) is 2.45. The molecule has 0 aliphatic heterocycles. The Labute approximate surface area is 137 Å². The van der Waals surface area contributed by atoms with E-state index in [0.717, 1.165) is 18.4 Å². The summed E-state index contributed by atoms with van der Waals surface area (Å²) in [6, 6.07) is 1.44. The highest BCUT2D eigenvalue weighted by atomic mass is 16.4. The van der Waals surface area contributed by atoms with Gasteiger partial charge in [-0.05, 0) is 58.1 Å². The fraction of sp³-hybridized carbons (Fsp3) is 0.421. The molecule has 0 saturated carbocycles. The van der Waals surface area contributed by atoms with Crippen LogP contribution in [0.25, 0.3) is 0 Å². The van der Waals surface area contributed by atoms with Gasteiger partial charge in [0.05, 0.1) is 0 Å². The summed E-state index contributed by atoms with van der Waals surface area (Å²) < 4.78 is 0. The summed E-state index contributed by atoms with van der Waals surface area (Å²) in [5.74, 6) is -1.56. The van der Waals surface area contributed by atoms with Gasteiger partial charge in [0.1, 0.15) is 17.1 Å². The molecule has 0 fully saturated rings. The van der Waals surface area contributed by atoms with Crippen LogP contribution in [-0.2, 0) is 12.8 Å². The predicted octanol–water partition coefficient (Wildman–Crippen LogP) is 4.59. The molecule has 0 bridgehead atoms. The second-order valence-corrected chi connectivity index (χ2v) is 5.99. The van der Waals surface area contributed by atoms with Gasteiger partial charge < -0.3 is 15.3 Å². The number of carboxylic acids is 1. The maximum absolute atomic E-state index is 11.3. The third-order valence-corrected chi connectivity index (χ3v) is 3.80. The van der Waals surface area contributed by atoms with Gasteiger partial charge in [-0.15, -0.1) is 0 Å². The van der Waals surface area contributed by atoms with Gasteiger partial charge in [-0.2, -0.15) is 0 Å². The molecule has 3 N–H and O–H groups in total. The molecule has 0 aliphatic rings. The number of carboxylic acid groups (broad SMARTS) is 1. The summed E-state index contributed by atoms with van der Waals surface area (Å²) in [6.07, 6.45) is 6.65. The van der Waals surface area contributed by atoms with Crippen LogP contribution in [0.5, 0.6) is 11.5 Å². The maximum atomic E-state index is 11.3. The van der Waals surface area contributed by atoms with E-state index in [4.69, 9.17) is 0 Å². The molecule has 4 nitrogen and oxygen atoms in total. The fourth-order valence-electron chi connectivity index (χ4n) is 2.43. The van der Waals surface area contributed by atoms with Gasteiger partial charge in [-0.25, -0.2) is 4.79 Å². The van der Waals surface area contributed by atoms with Crippen molar-refractivity contribution in [1.29, 1.82) is 0 Å². The molecule has 1 aromatic rings. The van der Waals surface area contributed by atoms with E-state index in [0.29, 0.717) is 18.4 Å². The van der Waals surface area contributed by atoms with Crippen LogP contribution in [0.4, 0.5) is 0 Å². The first-order valence-corrected chi connectivity index (χ1v) is 7.86. The summed E-state index contributed by atoms with van der Waals surface area (Å²) in [6.45, 7) is 7.88. The van der Waals surface area contributed by atoms with Crippen LogP contribution in [0.15, 0.2) is 29.4 Å². The van der Waals surface area contributed by atoms with E-state index in [2.05, 4.69) is 19.9 Å². The quantitative estimate of drug-likeness (QED) is 0.642. The molecular formula is C19H26O4. The number of aromatic carboxylic acids is 1. The lowest BCUT2D eigenvalue weighted by atomic mass is 9.96. The molecule has 0 aromatic heterocycles. The third-order valence-electron chi connectivity index (χ3n) is 3.80. The number of allylic oxidation sites excluding steroid dienone is 4. The van der Waals surface area contributed by atoms with Crippen LogP contribution in [0.1, 0.15) is 62.0 Å². The highest BCUT2D eigenvalue weighted by Crippen LogP contribution is 2.35. The van der Waals surface area contributed by atoms with Crippen LogP contribution in [0.3, 0.4) is 0 Å². The second kappa shape index (κ2) is 8.42. The lowest BCUT2D eigenvalue weighted by molar-refractivity contribution is 0.0692. The smallest absolute Gasteiger partial charge is 0.339 e. The molecule has 126 valence electrons. The molecule has 0 heterocycles. The Bertz CT molecular complexity index is 635. The van der Waals surface area contributed by atoms with E-state index in [-0.39, 0.29) is 22.6 Å². The highest BCUT2D eigenvalue weighted by Gasteiger charge is 2.20. The minimum Gasteiger partial charge on any atom is -0.508 e. The summed E-state index contributed by atoms with van der Waals surface area (Å²) in [7, 11) is 0. The van der Waals surface area contributed by atoms with Crippen LogP contribution < -0.4 is 0 Å². The lowest BCUT2D eigenvalue weighted by Crippen LogP contribution is -2.04. The molecule has 0 amide bonds. The zero-order valence-electron chi connectivity index (χ0n) is 14.3. The van der Waals surface area contributed by atoms with E-state index in [1.807, 2.05) is 13.0 Å². The number of aromatic hydroxyl groups is 2. The van der Waals surface area contributed by atoms with E-state index in [1.54, 1.807) is 6.92 Å². The highest BCUT2D eigenvalue weighted by molar-refractivity contribution is 5.93. The number of phenols is 2. The van der Waals surface area contributed by atoms with Crippen molar-refractivity contribution in [2.75, 3.05) is 0 Å². The Hall–Kier alpha value is -2.23. The van der Waals surface area contributed by atoms with Gasteiger partial charge in [-0.1, -0.05) is 30.2 Å². The van der Waals surface area contributed by atoms with Crippen LogP contribution in [-0.4, -0.2) is 21.3 Å². The van der Waals surface area contributed by atoms with Gasteiger partial charge in [0.25, 0.3) is 0 Å². The number of hydrogen-bond acceptors (Lipinski definition) is 3. The van der Waals surface area contributed by atoms with Gasteiger partial charge in [0, 0.05) is 5.56 Å². The summed E-state index contributed by atoms with van der Waals surface area (Å²) in [4.78, 5) is 11.3. The first kappa shape index (κ1) is 18.8. The summed E-state index contributed by atoms with van der Waals surface area (Å²) >= 11 is 0. The normalized spacial score (nSPS) is 11.4. The van der Waals surface area contributed by atoms with E-state index < -0.39 is 5.97 Å². The molecule has 0 radical (unpaired) electrons. The monoisotopic (exact) mass is 318 g/mol. The molecule has 4 heteroatoms. The Morgan fingerprint density at radius 3 is 2.35 bits per heavy atom. The summed E-state index contributed by atoms with van der Waals surface area (Å²) in [5, 5.41) is 29.6. The topological polar surface area (TPSA) is 77.8 Å². The van der Waals surface area contributed by atoms with Crippen molar-refractivity contribution in [3.63, 3.8) is 0 Å². The van der Waals surface area contributed by atoms with Crippen molar-refractivity contribution < 1.29 is 20.1 Å². The van der Waals surface area contributed by atoms with Gasteiger partial charge in [0.2, 0.25) is 0 Å². The SMILES string of the molecule is CCc1cc(O)c(C/C=C(\C)CCC=C(C)C)c(O)c1C(=O)O. The standard InChI is InChI=1S/C19H26O4/c1-5-14-11-16(20)15(18(21)17(14)19(22)23)10-9-13(4)8-6-7-12(2)3/h7,9,11,20-21H,5-6,8,10H2,1-4H3,(H,22,23)/b13-9+. The molecule has 1 aromatic carbocycles. The Balaban J connectivity index is 3.03. The van der Waals surface area contributed by atoms with Crippen LogP contribution >= 0.6 is 0 Å². The second-order valence-electron chi connectivity index (χ2n) is 5.99. The molecule has 0 aliphatic carbocycles. The van der Waals surface area contributed by atoms with Crippen LogP contribution in [0, 0.1) is 0 Å². The maximum Gasteiger partial charge on any atom is 0.339 e. The fourth-order valence-corrected chi connectivity index (χ4v) is 2.43. The number of hydrogen-bond donors (Lipinski definition) is 3. The number of benzene rings is 1. The average molecular weight is 318 g/mol. The van der Waals surface area contributed by atoms with Crippen molar-refractivity contribution in [3.05, 3.63) is 46.1 Å². The van der Waals surface area contributed by atoms with Crippen molar-refractivity contribution >= 4 is 5.97 Å². The first-order valence-electron chi connectivity index (χ1n) is 7.86. The van der Waals surface area contributed by atoms with E-state index in [9.17, 15) is 20.1 Å². The Morgan fingerprint density at radius 1 is 1.17 bits per heavy atom.